The third-order valence-electron chi connectivity index (χ3n) is 8.05. The van der Waals surface area contributed by atoms with Gasteiger partial charge in [-0.15, -0.1) is 0 Å². The lowest BCUT2D eigenvalue weighted by molar-refractivity contribution is -0.347. The summed E-state index contributed by atoms with van der Waals surface area (Å²) in [4.78, 5) is 12.5. The van der Waals surface area contributed by atoms with Gasteiger partial charge in [0.1, 0.15) is 5.78 Å². The predicted molar refractivity (Wildman–Crippen MR) is 112 cm³/mol. The van der Waals surface area contributed by atoms with Crippen LogP contribution in [0.15, 0.2) is 12.2 Å². The van der Waals surface area contributed by atoms with Gasteiger partial charge in [0.2, 0.25) is 0 Å². The Labute approximate surface area is 191 Å². The molecule has 192 valence electrons. The molecule has 0 aliphatic heterocycles. The minimum Gasteiger partial charge on any atom is -0.390 e. The molecule has 0 heterocycles. The van der Waals surface area contributed by atoms with Crippen LogP contribution in [0.1, 0.15) is 85.5 Å². The van der Waals surface area contributed by atoms with Crippen molar-refractivity contribution in [3.05, 3.63) is 12.2 Å². The fraction of sp³-hybridized carbons (Fsp3) is 0.875. The zero-order valence-corrected chi connectivity index (χ0v) is 19.7. The SMILES string of the molecule is CC(C)(O)CCCC(C)(CC=CC(O)(C(F)(F)F)C(F)(F)F)[C@H]1CCC2C(=O)CCC[C@@]21C. The third kappa shape index (κ3) is 5.77. The van der Waals surface area contributed by atoms with Crippen LogP contribution in [-0.4, -0.2) is 39.6 Å². The van der Waals surface area contributed by atoms with Gasteiger partial charge in [-0.2, -0.15) is 26.3 Å². The molecular weight excluding hydrogens is 450 g/mol. The number of allylic oxidation sites excluding steroid dienone is 1. The highest BCUT2D eigenvalue weighted by atomic mass is 19.4. The molecule has 4 atom stereocenters. The fourth-order valence-corrected chi connectivity index (χ4v) is 6.27. The molecule has 0 radical (unpaired) electrons. The zero-order valence-electron chi connectivity index (χ0n) is 19.7. The van der Waals surface area contributed by atoms with Crippen molar-refractivity contribution in [2.24, 2.45) is 22.7 Å². The summed E-state index contributed by atoms with van der Waals surface area (Å²) in [5.74, 6) is -0.0316. The Kier molecular flexibility index (Phi) is 7.82. The number of ketones is 1. The Hall–Kier alpha value is -1.09. The Morgan fingerprint density at radius 1 is 1.00 bits per heavy atom. The van der Waals surface area contributed by atoms with Crippen molar-refractivity contribution >= 4 is 5.78 Å². The Morgan fingerprint density at radius 2 is 1.58 bits per heavy atom. The number of aliphatic hydroxyl groups is 2. The van der Waals surface area contributed by atoms with Gasteiger partial charge in [0.25, 0.3) is 5.60 Å². The molecule has 0 bridgehead atoms. The highest BCUT2D eigenvalue weighted by Gasteiger charge is 2.69. The quantitative estimate of drug-likeness (QED) is 0.303. The molecule has 0 aromatic rings. The molecule has 2 N–H and O–H groups in total. The van der Waals surface area contributed by atoms with Crippen LogP contribution in [0.5, 0.6) is 0 Å². The monoisotopic (exact) mass is 486 g/mol. The Morgan fingerprint density at radius 3 is 2.09 bits per heavy atom. The summed E-state index contributed by atoms with van der Waals surface area (Å²) in [7, 11) is 0. The standard InChI is InChI=1S/C24H36F6O3/c1-19(2,32)11-6-12-20(3,13-7-15-22(33,23(25,26)27)24(28,29)30)18-10-9-16-17(31)8-5-14-21(16,18)4/h7,15-16,18,32-33H,5-6,8-14H2,1-4H3/t16?,18-,20?,21+/m1/s1. The maximum atomic E-state index is 13.1. The number of hydrogen-bond acceptors (Lipinski definition) is 3. The molecule has 9 heteroatoms. The summed E-state index contributed by atoms with van der Waals surface area (Å²) in [6, 6.07) is 0. The first kappa shape index (κ1) is 28.1. The summed E-state index contributed by atoms with van der Waals surface area (Å²) >= 11 is 0. The molecule has 3 nitrogen and oxygen atoms in total. The van der Waals surface area contributed by atoms with Crippen LogP contribution in [0.3, 0.4) is 0 Å². The molecule has 2 aliphatic rings. The number of carbonyl (C=O) groups excluding carboxylic acids is 1. The Balaban J connectivity index is 2.36. The lowest BCUT2D eigenvalue weighted by Gasteiger charge is -2.48. The van der Waals surface area contributed by atoms with E-state index in [-0.39, 0.29) is 35.5 Å². The van der Waals surface area contributed by atoms with E-state index < -0.39 is 29.0 Å². The van der Waals surface area contributed by atoms with E-state index in [1.54, 1.807) is 13.8 Å². The molecule has 2 saturated carbocycles. The molecule has 2 aliphatic carbocycles. The predicted octanol–water partition coefficient (Wildman–Crippen LogP) is 6.52. The minimum atomic E-state index is -5.90. The molecule has 2 unspecified atom stereocenters. The smallest absolute Gasteiger partial charge is 0.390 e. The first-order valence-corrected chi connectivity index (χ1v) is 11.6. The van der Waals surface area contributed by atoms with Gasteiger partial charge in [0, 0.05) is 12.3 Å². The zero-order chi connectivity index (χ0) is 25.5. The first-order chi connectivity index (χ1) is 14.8. The van der Waals surface area contributed by atoms with Crippen LogP contribution >= 0.6 is 0 Å². The summed E-state index contributed by atoms with van der Waals surface area (Å²) in [6.07, 6.45) is -6.52. The average Bonchev–Trinajstić information content (AvgIpc) is 2.97. The fourth-order valence-electron chi connectivity index (χ4n) is 6.27. The Bertz CT molecular complexity index is 722. The third-order valence-corrected chi connectivity index (χ3v) is 8.05. The van der Waals surface area contributed by atoms with Crippen LogP contribution in [0.4, 0.5) is 26.3 Å². The second-order valence-electron chi connectivity index (χ2n) is 11.2. The number of halogens is 6. The van der Waals surface area contributed by atoms with E-state index >= 15 is 0 Å². The topological polar surface area (TPSA) is 57.5 Å². The summed E-state index contributed by atoms with van der Waals surface area (Å²) in [5.41, 5.74) is -6.93. The van der Waals surface area contributed by atoms with Gasteiger partial charge in [0.05, 0.1) is 5.60 Å². The normalized spacial score (nSPS) is 29.4. The molecular formula is C24H36F6O3. The van der Waals surface area contributed by atoms with Crippen LogP contribution in [0, 0.1) is 22.7 Å². The molecule has 0 aromatic carbocycles. The second-order valence-corrected chi connectivity index (χ2v) is 11.2. The summed E-state index contributed by atoms with van der Waals surface area (Å²) in [6.45, 7) is 7.15. The average molecular weight is 487 g/mol. The molecule has 0 saturated heterocycles. The van der Waals surface area contributed by atoms with Gasteiger partial charge in [-0.25, -0.2) is 0 Å². The van der Waals surface area contributed by atoms with Crippen molar-refractivity contribution < 1.29 is 41.4 Å². The number of rotatable bonds is 8. The highest BCUT2D eigenvalue weighted by molar-refractivity contribution is 5.83. The van der Waals surface area contributed by atoms with Gasteiger partial charge in [-0.1, -0.05) is 26.3 Å². The van der Waals surface area contributed by atoms with E-state index in [2.05, 4.69) is 0 Å². The van der Waals surface area contributed by atoms with Crippen LogP contribution in [0.25, 0.3) is 0 Å². The van der Waals surface area contributed by atoms with Crippen LogP contribution in [-0.2, 0) is 4.79 Å². The van der Waals surface area contributed by atoms with Gasteiger partial charge in [-0.05, 0) is 81.6 Å². The molecule has 2 rings (SSSR count). The largest absolute Gasteiger partial charge is 0.429 e. The molecule has 0 aromatic heterocycles. The van der Waals surface area contributed by atoms with Crippen molar-refractivity contribution in [1.82, 2.24) is 0 Å². The van der Waals surface area contributed by atoms with E-state index in [1.165, 1.54) is 0 Å². The van der Waals surface area contributed by atoms with Crippen LogP contribution < -0.4 is 0 Å². The van der Waals surface area contributed by atoms with Gasteiger partial charge >= 0.3 is 12.4 Å². The highest BCUT2D eigenvalue weighted by Crippen LogP contribution is 2.61. The first-order valence-electron chi connectivity index (χ1n) is 11.6. The molecule has 0 amide bonds. The van der Waals surface area contributed by atoms with Gasteiger partial charge in [-0.3, -0.25) is 4.79 Å². The number of carbonyl (C=O) groups is 1. The number of Topliss-reactive ketones (excluding diaryl/α,β-unsaturated/α-hetero) is 1. The molecule has 0 spiro atoms. The van der Waals surface area contributed by atoms with E-state index in [1.807, 2.05) is 13.8 Å². The maximum Gasteiger partial charge on any atom is 0.429 e. The lowest BCUT2D eigenvalue weighted by atomic mass is 9.56. The maximum absolute atomic E-state index is 13.1. The van der Waals surface area contributed by atoms with E-state index in [0.717, 1.165) is 18.9 Å². The van der Waals surface area contributed by atoms with E-state index in [0.29, 0.717) is 38.5 Å². The van der Waals surface area contributed by atoms with E-state index in [9.17, 15) is 41.4 Å². The number of fused-ring (bicyclic) bond motifs is 1. The van der Waals surface area contributed by atoms with Crippen molar-refractivity contribution in [1.29, 1.82) is 0 Å². The molecule has 2 fully saturated rings. The van der Waals surface area contributed by atoms with E-state index in [4.69, 9.17) is 0 Å². The van der Waals surface area contributed by atoms with Crippen molar-refractivity contribution in [2.75, 3.05) is 0 Å². The molecule has 33 heavy (non-hydrogen) atoms. The summed E-state index contributed by atoms with van der Waals surface area (Å²) in [5, 5.41) is 19.6. The van der Waals surface area contributed by atoms with Crippen molar-refractivity contribution in [2.45, 2.75) is 109 Å². The van der Waals surface area contributed by atoms with Gasteiger partial charge < -0.3 is 10.2 Å². The number of hydrogen-bond donors (Lipinski definition) is 2. The van der Waals surface area contributed by atoms with Gasteiger partial charge in [0.15, 0.2) is 0 Å². The van der Waals surface area contributed by atoms with Crippen molar-refractivity contribution in [3.8, 4) is 0 Å². The minimum absolute atomic E-state index is 0.0735. The second kappa shape index (κ2) is 9.17. The van der Waals surface area contributed by atoms with Crippen molar-refractivity contribution in [3.63, 3.8) is 0 Å². The van der Waals surface area contributed by atoms with Crippen LogP contribution in [0.2, 0.25) is 0 Å². The summed E-state index contributed by atoms with van der Waals surface area (Å²) < 4.78 is 78.6. The number of alkyl halides is 6. The lowest BCUT2D eigenvalue weighted by Crippen LogP contribution is -2.55.